The number of oxazole rings is 1. The maximum atomic E-state index is 5.91. The summed E-state index contributed by atoms with van der Waals surface area (Å²) in [5.74, 6) is 5.74. The van der Waals surface area contributed by atoms with Gasteiger partial charge in [0.25, 0.3) is 0 Å². The molecular weight excluding hydrogens is 328 g/mol. The second-order valence-electron chi connectivity index (χ2n) is 5.82. The number of hydrogen-bond acceptors (Lipinski definition) is 7. The van der Waals surface area contributed by atoms with Gasteiger partial charge in [0.15, 0.2) is 11.5 Å². The fraction of sp³-hybridized carbons (Fsp3) is 0.471. The van der Waals surface area contributed by atoms with Gasteiger partial charge in [-0.05, 0) is 19.1 Å². The predicted octanol–water partition coefficient (Wildman–Crippen LogP) is 2.94. The van der Waals surface area contributed by atoms with E-state index in [1.165, 1.54) is 11.5 Å². The van der Waals surface area contributed by atoms with Crippen LogP contribution in [-0.4, -0.2) is 48.4 Å². The summed E-state index contributed by atoms with van der Waals surface area (Å²) in [4.78, 5) is 7.13. The molecule has 2 aromatic rings. The summed E-state index contributed by atoms with van der Waals surface area (Å²) in [5.41, 5.74) is 1.83. The molecule has 0 saturated carbocycles. The van der Waals surface area contributed by atoms with Crippen LogP contribution in [0.2, 0.25) is 0 Å². The van der Waals surface area contributed by atoms with Crippen LogP contribution in [0.3, 0.4) is 0 Å². The number of methoxy groups -OCH3 is 1. The van der Waals surface area contributed by atoms with Gasteiger partial charge in [0, 0.05) is 36.7 Å². The molecule has 2 aliphatic rings. The Bertz CT molecular complexity index is 740. The van der Waals surface area contributed by atoms with Crippen molar-refractivity contribution >= 4 is 11.8 Å². The minimum atomic E-state index is 0.206. The molecule has 24 heavy (non-hydrogen) atoms. The van der Waals surface area contributed by atoms with Crippen LogP contribution in [0.15, 0.2) is 16.5 Å². The Labute approximate surface area is 145 Å². The molecule has 4 rings (SSSR count). The van der Waals surface area contributed by atoms with E-state index in [9.17, 15) is 0 Å². The number of aryl methyl sites for hydroxylation is 1. The molecule has 3 heterocycles. The van der Waals surface area contributed by atoms with Gasteiger partial charge in [0.05, 0.1) is 12.8 Å². The van der Waals surface area contributed by atoms with Crippen LogP contribution < -0.4 is 14.2 Å². The Kier molecular flexibility index (Phi) is 4.28. The second kappa shape index (κ2) is 6.57. The van der Waals surface area contributed by atoms with Gasteiger partial charge in [-0.1, -0.05) is 0 Å². The van der Waals surface area contributed by atoms with E-state index in [4.69, 9.17) is 23.6 Å². The quantitative estimate of drug-likeness (QED) is 0.842. The molecule has 2 aliphatic heterocycles. The zero-order valence-electron chi connectivity index (χ0n) is 13.8. The third-order valence-electron chi connectivity index (χ3n) is 4.28. The highest BCUT2D eigenvalue weighted by molar-refractivity contribution is 7.99. The van der Waals surface area contributed by atoms with Crippen molar-refractivity contribution in [2.45, 2.75) is 13.5 Å². The first-order valence-corrected chi connectivity index (χ1v) is 9.14. The first kappa shape index (κ1) is 15.7. The monoisotopic (exact) mass is 348 g/mol. The number of nitrogens with zero attached hydrogens (tertiary/aromatic N) is 2. The minimum Gasteiger partial charge on any atom is -0.493 e. The first-order chi connectivity index (χ1) is 11.7. The molecular formula is C17H20N2O4S. The Morgan fingerprint density at radius 3 is 2.88 bits per heavy atom. The Morgan fingerprint density at radius 1 is 1.25 bits per heavy atom. The van der Waals surface area contributed by atoms with Gasteiger partial charge >= 0.3 is 0 Å². The SMILES string of the molecule is COc1cc(-c2nc(CN3CCSCC3)c(C)o2)cc2c1OCO2. The van der Waals surface area contributed by atoms with Gasteiger partial charge in [0.2, 0.25) is 18.4 Å². The van der Waals surface area contributed by atoms with E-state index in [1.54, 1.807) is 7.11 Å². The van der Waals surface area contributed by atoms with Gasteiger partial charge in [-0.25, -0.2) is 4.98 Å². The van der Waals surface area contributed by atoms with Crippen molar-refractivity contribution in [3.8, 4) is 28.7 Å². The topological polar surface area (TPSA) is 57.0 Å². The summed E-state index contributed by atoms with van der Waals surface area (Å²) < 4.78 is 22.2. The third kappa shape index (κ3) is 2.93. The minimum absolute atomic E-state index is 0.206. The lowest BCUT2D eigenvalue weighted by molar-refractivity contribution is 0.171. The molecule has 0 N–H and O–H groups in total. The number of ether oxygens (including phenoxy) is 3. The van der Waals surface area contributed by atoms with Crippen LogP contribution in [0.4, 0.5) is 0 Å². The van der Waals surface area contributed by atoms with Crippen molar-refractivity contribution < 1.29 is 18.6 Å². The molecule has 7 heteroatoms. The van der Waals surface area contributed by atoms with E-state index < -0.39 is 0 Å². The molecule has 0 atom stereocenters. The molecule has 0 amide bonds. The molecule has 1 aromatic carbocycles. The summed E-state index contributed by atoms with van der Waals surface area (Å²) in [5, 5.41) is 0. The van der Waals surface area contributed by atoms with Crippen molar-refractivity contribution in [2.24, 2.45) is 0 Å². The summed E-state index contributed by atoms with van der Waals surface area (Å²) in [7, 11) is 1.61. The van der Waals surface area contributed by atoms with Crippen LogP contribution in [0.5, 0.6) is 17.2 Å². The zero-order valence-corrected chi connectivity index (χ0v) is 14.6. The van der Waals surface area contributed by atoms with Gasteiger partial charge in [-0.15, -0.1) is 0 Å². The Hall–Kier alpha value is -1.86. The van der Waals surface area contributed by atoms with E-state index >= 15 is 0 Å². The highest BCUT2D eigenvalue weighted by atomic mass is 32.2. The van der Waals surface area contributed by atoms with E-state index in [2.05, 4.69) is 4.90 Å². The lowest BCUT2D eigenvalue weighted by Gasteiger charge is -2.25. The zero-order chi connectivity index (χ0) is 16.5. The van der Waals surface area contributed by atoms with Gasteiger partial charge in [0.1, 0.15) is 5.76 Å². The number of fused-ring (bicyclic) bond motifs is 1. The largest absolute Gasteiger partial charge is 0.493 e. The van der Waals surface area contributed by atoms with Crippen LogP contribution >= 0.6 is 11.8 Å². The molecule has 0 spiro atoms. The fourth-order valence-electron chi connectivity index (χ4n) is 2.92. The molecule has 6 nitrogen and oxygen atoms in total. The number of aromatic nitrogens is 1. The molecule has 1 aromatic heterocycles. The standard InChI is InChI=1S/C17H20N2O4S/c1-11-13(9-19-3-5-24-6-4-19)18-17(23-11)12-7-14(20-2)16-15(8-12)21-10-22-16/h7-8H,3-6,9-10H2,1-2H3. The van der Waals surface area contributed by atoms with E-state index in [-0.39, 0.29) is 6.79 Å². The summed E-state index contributed by atoms with van der Waals surface area (Å²) in [6, 6.07) is 3.76. The number of benzene rings is 1. The number of hydrogen-bond donors (Lipinski definition) is 0. The first-order valence-electron chi connectivity index (χ1n) is 7.99. The van der Waals surface area contributed by atoms with E-state index in [1.807, 2.05) is 30.8 Å². The smallest absolute Gasteiger partial charge is 0.231 e. The molecule has 0 radical (unpaired) electrons. The van der Waals surface area contributed by atoms with E-state index in [0.717, 1.165) is 36.7 Å². The van der Waals surface area contributed by atoms with Crippen LogP contribution in [0.25, 0.3) is 11.5 Å². The van der Waals surface area contributed by atoms with Gasteiger partial charge < -0.3 is 18.6 Å². The van der Waals surface area contributed by atoms with Crippen molar-refractivity contribution in [3.63, 3.8) is 0 Å². The Balaban J connectivity index is 1.62. The van der Waals surface area contributed by atoms with Crippen molar-refractivity contribution in [3.05, 3.63) is 23.6 Å². The van der Waals surface area contributed by atoms with Crippen molar-refractivity contribution in [1.82, 2.24) is 9.88 Å². The normalized spacial score (nSPS) is 17.2. The molecule has 1 fully saturated rings. The van der Waals surface area contributed by atoms with E-state index in [0.29, 0.717) is 23.1 Å². The number of thioether (sulfide) groups is 1. The molecule has 0 unspecified atom stereocenters. The highest BCUT2D eigenvalue weighted by Crippen LogP contribution is 2.44. The van der Waals surface area contributed by atoms with Crippen LogP contribution in [0.1, 0.15) is 11.5 Å². The van der Waals surface area contributed by atoms with Gasteiger partial charge in [-0.2, -0.15) is 11.8 Å². The Morgan fingerprint density at radius 2 is 2.08 bits per heavy atom. The van der Waals surface area contributed by atoms with Crippen molar-refractivity contribution in [1.29, 1.82) is 0 Å². The maximum Gasteiger partial charge on any atom is 0.231 e. The summed E-state index contributed by atoms with van der Waals surface area (Å²) in [6.45, 7) is 5.21. The molecule has 1 saturated heterocycles. The van der Waals surface area contributed by atoms with Crippen molar-refractivity contribution in [2.75, 3.05) is 38.5 Å². The lowest BCUT2D eigenvalue weighted by Crippen LogP contribution is -2.32. The molecule has 0 aliphatic carbocycles. The summed E-state index contributed by atoms with van der Waals surface area (Å²) >= 11 is 2.01. The summed E-state index contributed by atoms with van der Waals surface area (Å²) in [6.07, 6.45) is 0. The lowest BCUT2D eigenvalue weighted by atomic mass is 10.2. The highest BCUT2D eigenvalue weighted by Gasteiger charge is 2.23. The third-order valence-corrected chi connectivity index (χ3v) is 5.22. The molecule has 128 valence electrons. The van der Waals surface area contributed by atoms with Crippen LogP contribution in [0, 0.1) is 6.92 Å². The van der Waals surface area contributed by atoms with Gasteiger partial charge in [-0.3, -0.25) is 4.90 Å². The average molecular weight is 348 g/mol. The molecule has 0 bridgehead atoms. The second-order valence-corrected chi connectivity index (χ2v) is 7.05. The predicted molar refractivity (Wildman–Crippen MR) is 92.0 cm³/mol. The fourth-order valence-corrected chi connectivity index (χ4v) is 3.90. The maximum absolute atomic E-state index is 5.91. The van der Waals surface area contributed by atoms with Crippen LogP contribution in [-0.2, 0) is 6.54 Å². The average Bonchev–Trinajstić information content (AvgIpc) is 3.22. The number of rotatable bonds is 4.